The van der Waals surface area contributed by atoms with Crippen LogP contribution >= 0.6 is 11.6 Å². The van der Waals surface area contributed by atoms with Gasteiger partial charge in [0, 0.05) is 44.4 Å². The Labute approximate surface area is 318 Å². The van der Waals surface area contributed by atoms with Crippen LogP contribution in [-0.2, 0) is 9.16 Å². The van der Waals surface area contributed by atoms with Crippen LogP contribution in [-0.4, -0.2) is 109 Å². The molecule has 0 aliphatic carbocycles. The number of amides is 2. The first-order valence-corrected chi connectivity index (χ1v) is 21.1. The smallest absolute Gasteiger partial charge is 0.410 e. The van der Waals surface area contributed by atoms with Gasteiger partial charge in [0.25, 0.3) is 0 Å². The van der Waals surface area contributed by atoms with Gasteiger partial charge in [-0.15, -0.1) is 0 Å². The Balaban J connectivity index is 1.47. The van der Waals surface area contributed by atoms with Crippen LogP contribution in [0.15, 0.2) is 33.9 Å². The number of anilines is 1. The molecule has 2 aliphatic rings. The number of carbonyl (C=O) groups excluding carboxylic acids is 1. The number of carboxylic acid groups (broad SMARTS) is 1. The quantitative estimate of drug-likeness (QED) is 0.158. The molecule has 0 saturated carbocycles. The topological polar surface area (TPSA) is 144 Å². The van der Waals surface area contributed by atoms with Crippen molar-refractivity contribution in [3.8, 4) is 28.4 Å². The Morgan fingerprint density at radius 3 is 2.23 bits per heavy atom. The number of halogens is 1. The van der Waals surface area contributed by atoms with Gasteiger partial charge in [0.05, 0.1) is 34.6 Å². The number of aromatic nitrogens is 3. The summed E-state index contributed by atoms with van der Waals surface area (Å²) >= 11 is 6.88. The standard InChI is InChI=1S/C38H53ClN6O7Si/c1-22-32(31-23(2)42-51-24(31)3)40-33(41-34(22)44-16-25-18-45(35(46)47)19-26(25)17-44)29-15-27(13-14-30(29)39)49-21-28(52-53(11,12)38(7,8)9)20-43(10)36(48)50-37(4,5)6/h13-15,28H,16-21H2,1-12H3,(H,46,47). The van der Waals surface area contributed by atoms with Crippen molar-refractivity contribution in [3.05, 3.63) is 51.4 Å². The number of aryl methyl sites for hydroxylation is 2. The number of hydrogen-bond acceptors (Lipinski definition) is 10. The van der Waals surface area contributed by atoms with Gasteiger partial charge in [-0.05, 0) is 89.0 Å². The molecule has 53 heavy (non-hydrogen) atoms. The molecule has 1 aromatic carbocycles. The molecule has 288 valence electrons. The third-order valence-electron chi connectivity index (χ3n) is 10.1. The van der Waals surface area contributed by atoms with E-state index in [2.05, 4.69) is 43.9 Å². The summed E-state index contributed by atoms with van der Waals surface area (Å²) in [4.78, 5) is 39.8. The SMILES string of the molecule is Cc1noc(C)c1-c1nc(-c2cc(OCC(CN(C)C(=O)OC(C)(C)C)O[Si](C)(C)C(C)(C)C)ccc2Cl)nc(N2CC3=C(CN(C(=O)O)C3)C2)c1C. The second kappa shape index (κ2) is 14.9. The first-order chi connectivity index (χ1) is 24.5. The molecule has 13 nitrogen and oxygen atoms in total. The van der Waals surface area contributed by atoms with Gasteiger partial charge in [-0.1, -0.05) is 37.5 Å². The van der Waals surface area contributed by atoms with Crippen molar-refractivity contribution in [1.29, 1.82) is 0 Å². The summed E-state index contributed by atoms with van der Waals surface area (Å²) in [6, 6.07) is 5.37. The zero-order valence-corrected chi connectivity index (χ0v) is 34.8. The number of benzene rings is 1. The number of nitrogens with zero attached hydrogens (tertiary/aromatic N) is 6. The van der Waals surface area contributed by atoms with Gasteiger partial charge >= 0.3 is 12.2 Å². The first-order valence-electron chi connectivity index (χ1n) is 17.8. The van der Waals surface area contributed by atoms with E-state index in [1.165, 1.54) is 9.80 Å². The van der Waals surface area contributed by atoms with Crippen LogP contribution in [0.3, 0.4) is 0 Å². The molecule has 0 saturated heterocycles. The van der Waals surface area contributed by atoms with Gasteiger partial charge in [0.15, 0.2) is 14.1 Å². The lowest BCUT2D eigenvalue weighted by molar-refractivity contribution is 0.0172. The van der Waals surface area contributed by atoms with Gasteiger partial charge in [0.2, 0.25) is 0 Å². The van der Waals surface area contributed by atoms with Crippen LogP contribution in [0.25, 0.3) is 22.6 Å². The van der Waals surface area contributed by atoms with E-state index in [0.717, 1.165) is 28.1 Å². The predicted octanol–water partition coefficient (Wildman–Crippen LogP) is 8.12. The van der Waals surface area contributed by atoms with E-state index in [0.29, 0.717) is 65.5 Å². The summed E-state index contributed by atoms with van der Waals surface area (Å²) in [6.45, 7) is 24.4. The molecule has 1 N–H and O–H groups in total. The minimum absolute atomic E-state index is 0.0662. The lowest BCUT2D eigenvalue weighted by Gasteiger charge is -2.40. The Bertz CT molecular complexity index is 1880. The molecule has 4 heterocycles. The van der Waals surface area contributed by atoms with E-state index in [4.69, 9.17) is 40.0 Å². The molecular weight excluding hydrogens is 716 g/mol. The Kier molecular flexibility index (Phi) is 11.3. The van der Waals surface area contributed by atoms with Crippen LogP contribution in [0.2, 0.25) is 23.2 Å². The number of ether oxygens (including phenoxy) is 2. The van der Waals surface area contributed by atoms with Gasteiger partial charge in [0.1, 0.15) is 29.5 Å². The summed E-state index contributed by atoms with van der Waals surface area (Å²) in [6.07, 6.45) is -1.80. The fourth-order valence-electron chi connectivity index (χ4n) is 6.26. The zero-order valence-electron chi connectivity index (χ0n) is 33.0. The molecule has 1 unspecified atom stereocenters. The molecular formula is C38H53ClN6O7Si. The highest BCUT2D eigenvalue weighted by molar-refractivity contribution is 6.74. The fraction of sp³-hybridized carbons (Fsp3) is 0.553. The van der Waals surface area contributed by atoms with Crippen LogP contribution in [0.5, 0.6) is 5.75 Å². The summed E-state index contributed by atoms with van der Waals surface area (Å²) in [7, 11) is -0.564. The molecule has 1 atom stereocenters. The summed E-state index contributed by atoms with van der Waals surface area (Å²) in [5.41, 5.74) is 5.13. The minimum atomic E-state index is -2.26. The van der Waals surface area contributed by atoms with Crippen LogP contribution < -0.4 is 9.64 Å². The van der Waals surface area contributed by atoms with Crippen molar-refractivity contribution in [2.24, 2.45) is 0 Å². The average Bonchev–Trinajstić information content (AvgIpc) is 3.72. The normalized spacial score (nSPS) is 15.6. The summed E-state index contributed by atoms with van der Waals surface area (Å²) in [5, 5.41) is 14.1. The van der Waals surface area contributed by atoms with E-state index < -0.39 is 32.2 Å². The van der Waals surface area contributed by atoms with Crippen LogP contribution in [0.4, 0.5) is 15.4 Å². The monoisotopic (exact) mass is 768 g/mol. The molecule has 5 rings (SSSR count). The molecule has 0 fully saturated rings. The van der Waals surface area contributed by atoms with E-state index in [-0.39, 0.29) is 18.2 Å². The summed E-state index contributed by atoms with van der Waals surface area (Å²) in [5.74, 6) is 2.28. The van der Waals surface area contributed by atoms with E-state index in [1.807, 2.05) is 47.6 Å². The first kappa shape index (κ1) is 40.1. The lowest BCUT2D eigenvalue weighted by atomic mass is 10.0. The molecule has 3 aromatic rings. The highest BCUT2D eigenvalue weighted by atomic mass is 35.5. The second-order valence-corrected chi connectivity index (χ2v) is 21.7. The highest BCUT2D eigenvalue weighted by Gasteiger charge is 2.40. The number of carbonyl (C=O) groups is 2. The third-order valence-corrected chi connectivity index (χ3v) is 14.9. The van der Waals surface area contributed by atoms with Crippen molar-refractivity contribution in [3.63, 3.8) is 0 Å². The molecule has 2 amide bonds. The summed E-state index contributed by atoms with van der Waals surface area (Å²) < 4.78 is 24.4. The van der Waals surface area contributed by atoms with E-state index in [1.54, 1.807) is 19.2 Å². The third kappa shape index (κ3) is 8.98. The number of rotatable bonds is 10. The number of likely N-dealkylation sites (N-methyl/N-ethyl adjacent to an activating group) is 1. The fourth-order valence-corrected chi connectivity index (χ4v) is 7.79. The Morgan fingerprint density at radius 2 is 1.68 bits per heavy atom. The highest BCUT2D eigenvalue weighted by Crippen LogP contribution is 2.40. The van der Waals surface area contributed by atoms with Crippen molar-refractivity contribution in [2.45, 2.75) is 92.2 Å². The van der Waals surface area contributed by atoms with Crippen molar-refractivity contribution < 1.29 is 33.1 Å². The van der Waals surface area contributed by atoms with Gasteiger partial charge in [-0.25, -0.2) is 19.6 Å². The zero-order chi connectivity index (χ0) is 39.2. The molecule has 0 radical (unpaired) electrons. The molecule has 2 aliphatic heterocycles. The Morgan fingerprint density at radius 1 is 1.04 bits per heavy atom. The maximum atomic E-state index is 12.9. The van der Waals surface area contributed by atoms with Crippen molar-refractivity contribution in [2.75, 3.05) is 51.3 Å². The van der Waals surface area contributed by atoms with Gasteiger partial charge < -0.3 is 38.2 Å². The van der Waals surface area contributed by atoms with Crippen LogP contribution in [0, 0.1) is 20.8 Å². The minimum Gasteiger partial charge on any atom is -0.491 e. The van der Waals surface area contributed by atoms with E-state index >= 15 is 0 Å². The van der Waals surface area contributed by atoms with Gasteiger partial charge in [-0.3, -0.25) is 0 Å². The van der Waals surface area contributed by atoms with Crippen LogP contribution in [0.1, 0.15) is 58.6 Å². The molecule has 0 spiro atoms. The second-order valence-electron chi connectivity index (χ2n) is 16.6. The maximum Gasteiger partial charge on any atom is 0.410 e. The predicted molar refractivity (Wildman–Crippen MR) is 207 cm³/mol. The van der Waals surface area contributed by atoms with E-state index in [9.17, 15) is 14.7 Å². The lowest BCUT2D eigenvalue weighted by Crippen LogP contribution is -2.49. The number of hydrogen-bond donors (Lipinski definition) is 1. The molecule has 15 heteroatoms. The molecule has 2 aromatic heterocycles. The molecule has 0 bridgehead atoms. The van der Waals surface area contributed by atoms with Crippen molar-refractivity contribution >= 4 is 37.9 Å². The largest absolute Gasteiger partial charge is 0.491 e. The Hall–Kier alpha value is -4.14. The maximum absolute atomic E-state index is 12.9. The van der Waals surface area contributed by atoms with Gasteiger partial charge in [-0.2, -0.15) is 0 Å². The van der Waals surface area contributed by atoms with Crippen molar-refractivity contribution in [1.82, 2.24) is 24.9 Å². The average molecular weight is 769 g/mol.